The first-order valence-corrected chi connectivity index (χ1v) is 9.32. The molecule has 0 aliphatic heterocycles. The van der Waals surface area contributed by atoms with Gasteiger partial charge in [0.05, 0.1) is 5.75 Å². The average Bonchev–Trinajstić information content (AvgIpc) is 2.51. The number of rotatable bonds is 9. The average molecular weight is 391 g/mol. The van der Waals surface area contributed by atoms with Crippen molar-refractivity contribution in [2.75, 3.05) is 5.75 Å². The zero-order valence-corrected chi connectivity index (χ0v) is 14.6. The summed E-state index contributed by atoms with van der Waals surface area (Å²) < 4.78 is 84.9. The monoisotopic (exact) mass is 391 g/mol. The van der Waals surface area contributed by atoms with E-state index in [4.69, 9.17) is 0 Å². The Morgan fingerprint density at radius 2 is 1.40 bits per heavy atom. The van der Waals surface area contributed by atoms with Crippen molar-refractivity contribution in [3.63, 3.8) is 0 Å². The molecule has 25 heavy (non-hydrogen) atoms. The zero-order chi connectivity index (χ0) is 19.4. The number of aromatic nitrogens is 1. The van der Waals surface area contributed by atoms with Crippen LogP contribution in [0.3, 0.4) is 0 Å². The Kier molecular flexibility index (Phi) is 10.8. The molecule has 0 spiro atoms. The van der Waals surface area contributed by atoms with Gasteiger partial charge in [0.1, 0.15) is 0 Å². The Hall–Kier alpha value is -1.29. The second kappa shape index (κ2) is 11.3. The molecule has 1 rings (SSSR count). The normalized spacial score (nSPS) is 12.4. The number of pyridine rings is 1. The van der Waals surface area contributed by atoms with Gasteiger partial charge in [-0.25, -0.2) is 0 Å². The maximum Gasteiger partial charge on any atom is 0.484 e. The third-order valence-corrected chi connectivity index (χ3v) is 4.13. The Morgan fingerprint density at radius 1 is 0.880 bits per heavy atom. The molecule has 0 fully saturated rings. The van der Waals surface area contributed by atoms with Crippen molar-refractivity contribution in [3.8, 4) is 0 Å². The fraction of sp³-hybridized carbons (Fsp3) is 0.667. The van der Waals surface area contributed by atoms with E-state index in [2.05, 4.69) is 9.17 Å². The van der Waals surface area contributed by atoms with Gasteiger partial charge in [0, 0.05) is 12.4 Å². The molecule has 0 atom stereocenters. The molecule has 0 unspecified atom stereocenters. The highest BCUT2D eigenvalue weighted by Crippen LogP contribution is 2.37. The molecule has 10 heteroatoms. The van der Waals surface area contributed by atoms with Crippen molar-refractivity contribution in [3.05, 3.63) is 30.6 Å². The van der Waals surface area contributed by atoms with Crippen molar-refractivity contribution in [1.29, 1.82) is 0 Å². The van der Waals surface area contributed by atoms with Gasteiger partial charge in [-0.3, -0.25) is 4.98 Å². The maximum atomic E-state index is 12.4. The quantitative estimate of drug-likeness (QED) is 0.340. The summed E-state index contributed by atoms with van der Waals surface area (Å²) in [6.45, 7) is 1.98. The van der Waals surface area contributed by atoms with Crippen molar-refractivity contribution in [1.82, 2.24) is 4.98 Å². The van der Waals surface area contributed by atoms with Crippen LogP contribution >= 0.6 is 0 Å². The van der Waals surface area contributed by atoms with Crippen LogP contribution in [0.4, 0.5) is 22.0 Å². The van der Waals surface area contributed by atoms with E-state index in [0.29, 0.717) is 12.8 Å². The van der Waals surface area contributed by atoms with Crippen LogP contribution in [0, 0.1) is 0 Å². The summed E-state index contributed by atoms with van der Waals surface area (Å²) in [6.07, 6.45) is -4.24. The van der Waals surface area contributed by atoms with Crippen molar-refractivity contribution in [2.45, 2.75) is 57.7 Å². The van der Waals surface area contributed by atoms with E-state index in [-0.39, 0.29) is 6.42 Å². The smallest absolute Gasteiger partial charge is 0.265 e. The fourth-order valence-electron chi connectivity index (χ4n) is 1.62. The van der Waals surface area contributed by atoms with Crippen LogP contribution in [0.5, 0.6) is 0 Å². The predicted octanol–water partition coefficient (Wildman–Crippen LogP) is 4.93. The number of nitrogens with zero attached hydrogens (tertiary/aromatic N) is 1. The number of halogens is 5. The van der Waals surface area contributed by atoms with Gasteiger partial charge in [-0.2, -0.15) is 34.6 Å². The largest absolute Gasteiger partial charge is 0.484 e. The number of alkyl halides is 5. The van der Waals surface area contributed by atoms with Crippen LogP contribution in [0.25, 0.3) is 0 Å². The first kappa shape index (κ1) is 23.7. The Balaban J connectivity index is 0.000000796. The third-order valence-electron chi connectivity index (χ3n) is 2.88. The van der Waals surface area contributed by atoms with E-state index in [0.717, 1.165) is 19.3 Å². The molecule has 0 amide bonds. The molecule has 0 aliphatic carbocycles. The lowest BCUT2D eigenvalue weighted by Crippen LogP contribution is -2.41. The van der Waals surface area contributed by atoms with E-state index in [1.807, 2.05) is 25.1 Å². The van der Waals surface area contributed by atoms with Crippen LogP contribution in [0.2, 0.25) is 0 Å². The number of hydrogen-bond acceptors (Lipinski definition) is 4. The molecule has 4 nitrogen and oxygen atoms in total. The Labute approximate surface area is 144 Å². The highest BCUT2D eigenvalue weighted by Gasteiger charge is 2.62. The molecule has 1 aromatic rings. The SMILES string of the molecule is CCCCCCCCS(=O)(=O)OC(F)(F)C(F)(F)F.c1ccncc1. The lowest BCUT2D eigenvalue weighted by molar-refractivity contribution is -0.359. The fourth-order valence-corrected chi connectivity index (χ4v) is 2.67. The van der Waals surface area contributed by atoms with Gasteiger partial charge in [0.15, 0.2) is 0 Å². The predicted molar refractivity (Wildman–Crippen MR) is 83.5 cm³/mol. The van der Waals surface area contributed by atoms with Gasteiger partial charge in [-0.1, -0.05) is 45.1 Å². The van der Waals surface area contributed by atoms with Gasteiger partial charge in [-0.15, -0.1) is 0 Å². The molecule has 0 N–H and O–H groups in total. The second-order valence-corrected chi connectivity index (χ2v) is 6.84. The minimum atomic E-state index is -6.04. The first-order valence-electron chi connectivity index (χ1n) is 7.74. The van der Waals surface area contributed by atoms with Gasteiger partial charge in [0.25, 0.3) is 10.1 Å². The van der Waals surface area contributed by atoms with Gasteiger partial charge in [-0.05, 0) is 18.6 Å². The van der Waals surface area contributed by atoms with Gasteiger partial charge < -0.3 is 0 Å². The van der Waals surface area contributed by atoms with Crippen molar-refractivity contribution >= 4 is 10.1 Å². The van der Waals surface area contributed by atoms with Crippen molar-refractivity contribution in [2.24, 2.45) is 0 Å². The molecular formula is C15H22F5NO3S. The summed E-state index contributed by atoms with van der Waals surface area (Å²) >= 11 is 0. The molecule has 0 saturated heterocycles. The lowest BCUT2D eigenvalue weighted by Gasteiger charge is -2.18. The summed E-state index contributed by atoms with van der Waals surface area (Å²) in [5.41, 5.74) is 0. The molecule has 146 valence electrons. The third kappa shape index (κ3) is 11.8. The molecule has 0 bridgehead atoms. The summed E-state index contributed by atoms with van der Waals surface area (Å²) in [7, 11) is -4.89. The van der Waals surface area contributed by atoms with Gasteiger partial charge >= 0.3 is 12.3 Å². The molecule has 0 aliphatic rings. The van der Waals surface area contributed by atoms with Crippen LogP contribution in [-0.2, 0) is 14.3 Å². The van der Waals surface area contributed by atoms with E-state index in [9.17, 15) is 30.4 Å². The van der Waals surface area contributed by atoms with Gasteiger partial charge in [0.2, 0.25) is 0 Å². The molecular weight excluding hydrogens is 369 g/mol. The molecule has 0 radical (unpaired) electrons. The highest BCUT2D eigenvalue weighted by molar-refractivity contribution is 7.86. The Bertz CT molecular complexity index is 523. The van der Waals surface area contributed by atoms with Crippen LogP contribution in [-0.4, -0.2) is 31.4 Å². The first-order chi connectivity index (χ1) is 11.5. The molecule has 0 aromatic carbocycles. The van der Waals surface area contributed by atoms with E-state index in [1.54, 1.807) is 12.4 Å². The summed E-state index contributed by atoms with van der Waals surface area (Å²) in [6, 6.07) is 5.72. The highest BCUT2D eigenvalue weighted by atomic mass is 32.2. The molecule has 1 heterocycles. The zero-order valence-electron chi connectivity index (χ0n) is 13.8. The standard InChI is InChI=1S/C10H17F5O3S.C5H5N/c1-2-3-4-5-6-7-8-19(16,17)18-10(14,15)9(11,12)13;1-2-4-6-5-3-1/h2-8H2,1H3;1-5H. The summed E-state index contributed by atoms with van der Waals surface area (Å²) in [5.74, 6) is -0.842. The minimum absolute atomic E-state index is 0.0000151. The van der Waals surface area contributed by atoms with Crippen molar-refractivity contribution < 1.29 is 34.6 Å². The number of unbranched alkanes of at least 4 members (excludes halogenated alkanes) is 5. The lowest BCUT2D eigenvalue weighted by atomic mass is 10.1. The Morgan fingerprint density at radius 3 is 1.80 bits per heavy atom. The molecule has 1 aromatic heterocycles. The van der Waals surface area contributed by atoms with E-state index >= 15 is 0 Å². The van der Waals surface area contributed by atoms with Crippen LogP contribution in [0.1, 0.15) is 45.4 Å². The van der Waals surface area contributed by atoms with Crippen LogP contribution < -0.4 is 0 Å². The van der Waals surface area contributed by atoms with E-state index < -0.39 is 28.2 Å². The topological polar surface area (TPSA) is 56.3 Å². The maximum absolute atomic E-state index is 12.4. The summed E-state index contributed by atoms with van der Waals surface area (Å²) in [5, 5.41) is 0. The summed E-state index contributed by atoms with van der Waals surface area (Å²) in [4.78, 5) is 3.78. The van der Waals surface area contributed by atoms with Crippen LogP contribution in [0.15, 0.2) is 30.6 Å². The second-order valence-electron chi connectivity index (χ2n) is 5.15. The van der Waals surface area contributed by atoms with E-state index in [1.165, 1.54) is 0 Å². The number of hydrogen-bond donors (Lipinski definition) is 0. The minimum Gasteiger partial charge on any atom is -0.265 e. The molecule has 0 saturated carbocycles.